The number of fused-ring (bicyclic) bond motifs is 1. The van der Waals surface area contributed by atoms with Crippen molar-refractivity contribution < 1.29 is 4.79 Å². The van der Waals surface area contributed by atoms with E-state index in [-0.39, 0.29) is 0 Å². The number of Topliss-reactive ketones (excluding diaryl/α,β-unsaturated/α-hetero) is 1. The van der Waals surface area contributed by atoms with Crippen molar-refractivity contribution in [1.29, 1.82) is 0 Å². The second-order valence-corrected chi connectivity index (χ2v) is 7.09. The Morgan fingerprint density at radius 2 is 2.13 bits per heavy atom. The largest absolute Gasteiger partial charge is 0.371 e. The summed E-state index contributed by atoms with van der Waals surface area (Å²) in [5.74, 6) is 1.07. The number of anilines is 1. The average Bonchev–Trinajstić information content (AvgIpc) is 3.01. The average molecular weight is 314 g/mol. The molecule has 0 spiro atoms. The fourth-order valence-electron chi connectivity index (χ4n) is 3.87. The molecule has 1 aromatic rings. The maximum Gasteiger partial charge on any atom is 0.162 e. The van der Waals surface area contributed by atoms with Crippen LogP contribution in [0.2, 0.25) is 0 Å². The summed E-state index contributed by atoms with van der Waals surface area (Å²) >= 11 is 0. The van der Waals surface area contributed by atoms with Gasteiger partial charge < -0.3 is 10.2 Å². The summed E-state index contributed by atoms with van der Waals surface area (Å²) in [6.45, 7) is 6.73. The zero-order valence-electron chi connectivity index (χ0n) is 14.4. The Kier molecular flexibility index (Phi) is 5.71. The second kappa shape index (κ2) is 7.96. The number of piperidine rings is 1. The van der Waals surface area contributed by atoms with Crippen LogP contribution in [0.5, 0.6) is 0 Å². The number of hydrogen-bond donors (Lipinski definition) is 1. The molecule has 2 aliphatic rings. The highest BCUT2D eigenvalue weighted by Crippen LogP contribution is 2.30. The highest BCUT2D eigenvalue weighted by molar-refractivity contribution is 5.96. The molecule has 1 N–H and O–H groups in total. The number of nitrogens with one attached hydrogen (secondary N) is 1. The van der Waals surface area contributed by atoms with E-state index < -0.39 is 0 Å². The number of ketones is 1. The van der Waals surface area contributed by atoms with Crippen LogP contribution >= 0.6 is 0 Å². The van der Waals surface area contributed by atoms with Crippen LogP contribution < -0.4 is 10.2 Å². The highest BCUT2D eigenvalue weighted by atomic mass is 16.1. The van der Waals surface area contributed by atoms with Crippen molar-refractivity contribution in [2.24, 2.45) is 5.92 Å². The highest BCUT2D eigenvalue weighted by Gasteiger charge is 2.20. The lowest BCUT2D eigenvalue weighted by molar-refractivity contribution is 0.0970. The van der Waals surface area contributed by atoms with Crippen LogP contribution in [0.1, 0.15) is 61.4 Å². The summed E-state index contributed by atoms with van der Waals surface area (Å²) in [7, 11) is 0. The molecule has 0 radical (unpaired) electrons. The summed E-state index contributed by atoms with van der Waals surface area (Å²) in [6.07, 6.45) is 7.79. The van der Waals surface area contributed by atoms with Gasteiger partial charge in [0.25, 0.3) is 0 Å². The fourth-order valence-corrected chi connectivity index (χ4v) is 3.87. The van der Waals surface area contributed by atoms with E-state index in [2.05, 4.69) is 29.3 Å². The van der Waals surface area contributed by atoms with Gasteiger partial charge in [0.1, 0.15) is 0 Å². The molecule has 0 unspecified atom stereocenters. The van der Waals surface area contributed by atoms with Gasteiger partial charge in [0, 0.05) is 30.8 Å². The van der Waals surface area contributed by atoms with Gasteiger partial charge in [-0.2, -0.15) is 0 Å². The summed E-state index contributed by atoms with van der Waals surface area (Å²) in [5, 5.41) is 3.39. The zero-order chi connectivity index (χ0) is 16.1. The zero-order valence-corrected chi connectivity index (χ0v) is 14.4. The molecule has 0 atom stereocenters. The van der Waals surface area contributed by atoms with Crippen molar-refractivity contribution in [2.45, 2.75) is 51.9 Å². The summed E-state index contributed by atoms with van der Waals surface area (Å²) < 4.78 is 0. The Balaban J connectivity index is 1.57. The molecule has 3 rings (SSSR count). The Morgan fingerprint density at radius 1 is 1.30 bits per heavy atom. The van der Waals surface area contributed by atoms with Gasteiger partial charge in [-0.3, -0.25) is 4.79 Å². The monoisotopic (exact) mass is 314 g/mol. The molecule has 2 aliphatic heterocycles. The first-order valence-electron chi connectivity index (χ1n) is 9.39. The van der Waals surface area contributed by atoms with Gasteiger partial charge in [-0.1, -0.05) is 13.3 Å². The molecule has 0 amide bonds. The maximum atomic E-state index is 12.5. The lowest BCUT2D eigenvalue weighted by Gasteiger charge is -2.22. The number of rotatable bonds is 7. The van der Waals surface area contributed by atoms with Crippen molar-refractivity contribution >= 4 is 11.5 Å². The lowest BCUT2D eigenvalue weighted by Crippen LogP contribution is -2.28. The van der Waals surface area contributed by atoms with Crippen LogP contribution in [0, 0.1) is 5.92 Å². The molecule has 0 bridgehead atoms. The first-order chi connectivity index (χ1) is 11.3. The predicted octanol–water partition coefficient (Wildman–Crippen LogP) is 3.81. The van der Waals surface area contributed by atoms with E-state index in [1.54, 1.807) is 0 Å². The number of nitrogens with zero attached hydrogens (tertiary/aromatic N) is 1. The third-order valence-corrected chi connectivity index (χ3v) is 5.41. The third-order valence-electron chi connectivity index (χ3n) is 5.41. The first-order valence-corrected chi connectivity index (χ1v) is 9.39. The molecule has 23 heavy (non-hydrogen) atoms. The van der Waals surface area contributed by atoms with Crippen LogP contribution in [0.4, 0.5) is 5.69 Å². The van der Waals surface area contributed by atoms with Gasteiger partial charge in [0.15, 0.2) is 5.78 Å². The van der Waals surface area contributed by atoms with Crippen LogP contribution in [0.15, 0.2) is 18.2 Å². The second-order valence-electron chi connectivity index (χ2n) is 7.09. The smallest absolute Gasteiger partial charge is 0.162 e. The van der Waals surface area contributed by atoms with E-state index in [1.165, 1.54) is 36.9 Å². The van der Waals surface area contributed by atoms with E-state index >= 15 is 0 Å². The Hall–Kier alpha value is -1.35. The molecule has 0 saturated carbocycles. The molecule has 1 saturated heterocycles. The topological polar surface area (TPSA) is 32.3 Å². The van der Waals surface area contributed by atoms with E-state index in [1.807, 2.05) is 6.07 Å². The van der Waals surface area contributed by atoms with Gasteiger partial charge in [-0.05, 0) is 74.9 Å². The molecular formula is C20H30N2O. The molecule has 0 aliphatic carbocycles. The number of carbonyl (C=O) groups is 1. The van der Waals surface area contributed by atoms with E-state index in [0.29, 0.717) is 12.2 Å². The van der Waals surface area contributed by atoms with Crippen molar-refractivity contribution in [1.82, 2.24) is 5.32 Å². The summed E-state index contributed by atoms with van der Waals surface area (Å²) in [4.78, 5) is 15.0. The molecule has 3 heteroatoms. The minimum atomic E-state index is 0.332. The molecular weight excluding hydrogens is 284 g/mol. The predicted molar refractivity (Wildman–Crippen MR) is 96.4 cm³/mol. The molecule has 2 heterocycles. The van der Waals surface area contributed by atoms with E-state index in [9.17, 15) is 4.79 Å². The Morgan fingerprint density at radius 3 is 2.91 bits per heavy atom. The SMILES string of the molecule is CCCCN1CCc2cc(C(=O)CCC3CCNCC3)ccc21. The number of unbranched alkanes of at least 4 members (excludes halogenated alkanes) is 1. The Bertz CT molecular complexity index is 534. The van der Waals surface area contributed by atoms with Gasteiger partial charge in [0.05, 0.1) is 0 Å². The standard InChI is InChI=1S/C20H30N2O/c1-2-3-13-22-14-10-17-15-18(5-6-19(17)22)20(23)7-4-16-8-11-21-12-9-16/h5-6,15-16,21H,2-4,7-14H2,1H3. The maximum absolute atomic E-state index is 12.5. The van der Waals surface area contributed by atoms with Crippen LogP contribution in [0.3, 0.4) is 0 Å². The number of benzene rings is 1. The minimum Gasteiger partial charge on any atom is -0.371 e. The molecule has 3 nitrogen and oxygen atoms in total. The summed E-state index contributed by atoms with van der Waals surface area (Å²) in [5.41, 5.74) is 3.65. The number of hydrogen-bond acceptors (Lipinski definition) is 3. The molecule has 0 aromatic heterocycles. The fraction of sp³-hybridized carbons (Fsp3) is 0.650. The number of carbonyl (C=O) groups excluding carboxylic acids is 1. The van der Waals surface area contributed by atoms with Crippen molar-refractivity contribution in [2.75, 3.05) is 31.1 Å². The summed E-state index contributed by atoms with van der Waals surface area (Å²) in [6, 6.07) is 6.38. The van der Waals surface area contributed by atoms with E-state index in [4.69, 9.17) is 0 Å². The lowest BCUT2D eigenvalue weighted by atomic mass is 9.91. The van der Waals surface area contributed by atoms with Crippen molar-refractivity contribution in [3.8, 4) is 0 Å². The van der Waals surface area contributed by atoms with Gasteiger partial charge >= 0.3 is 0 Å². The van der Waals surface area contributed by atoms with Crippen molar-refractivity contribution in [3.05, 3.63) is 29.3 Å². The first kappa shape index (κ1) is 16.5. The van der Waals surface area contributed by atoms with Crippen LogP contribution in [-0.2, 0) is 6.42 Å². The third kappa shape index (κ3) is 4.14. The quantitative estimate of drug-likeness (QED) is 0.777. The normalized spacial score (nSPS) is 18.2. The minimum absolute atomic E-state index is 0.332. The van der Waals surface area contributed by atoms with Crippen molar-refractivity contribution in [3.63, 3.8) is 0 Å². The van der Waals surface area contributed by atoms with Gasteiger partial charge in [-0.25, -0.2) is 0 Å². The van der Waals surface area contributed by atoms with Crippen LogP contribution in [-0.4, -0.2) is 32.0 Å². The van der Waals surface area contributed by atoms with E-state index in [0.717, 1.165) is 50.5 Å². The molecule has 1 fully saturated rings. The molecule has 126 valence electrons. The van der Waals surface area contributed by atoms with Gasteiger partial charge in [0.2, 0.25) is 0 Å². The van der Waals surface area contributed by atoms with Crippen LogP contribution in [0.25, 0.3) is 0 Å². The molecule has 1 aromatic carbocycles. The van der Waals surface area contributed by atoms with Gasteiger partial charge in [-0.15, -0.1) is 0 Å². The Labute approximate surface area is 140 Å².